The van der Waals surface area contributed by atoms with Crippen molar-refractivity contribution in [2.75, 3.05) is 20.2 Å². The molecule has 1 rings (SSSR count). The molecule has 0 saturated carbocycles. The molecule has 1 fully saturated rings. The third-order valence-corrected chi connectivity index (χ3v) is 3.55. The van der Waals surface area contributed by atoms with E-state index in [9.17, 15) is 9.59 Å². The molecule has 0 bridgehead atoms. The molecule has 0 aromatic heterocycles. The zero-order valence-electron chi connectivity index (χ0n) is 10.3. The second-order valence-corrected chi connectivity index (χ2v) is 4.56. The van der Waals surface area contributed by atoms with Gasteiger partial charge in [-0.15, -0.1) is 0 Å². The first-order valence-corrected chi connectivity index (χ1v) is 5.87. The second kappa shape index (κ2) is 5.99. The van der Waals surface area contributed by atoms with E-state index in [1.165, 1.54) is 14.0 Å². The number of carbonyl (C=O) groups is 2. The summed E-state index contributed by atoms with van der Waals surface area (Å²) in [5, 5.41) is 3.28. The Bertz CT molecular complexity index is 259. The standard InChI is InChI=1S/C12H21NO3/c1-8(10-4-6-13-7-5-10)11(9(2)14)12(15)16-3/h8,10-11,13H,4-7H2,1-3H3. The minimum atomic E-state index is -0.590. The van der Waals surface area contributed by atoms with Gasteiger partial charge in [-0.1, -0.05) is 6.92 Å². The molecule has 4 heteroatoms. The van der Waals surface area contributed by atoms with Gasteiger partial charge >= 0.3 is 5.97 Å². The van der Waals surface area contributed by atoms with Crippen LogP contribution >= 0.6 is 0 Å². The average molecular weight is 227 g/mol. The van der Waals surface area contributed by atoms with E-state index in [4.69, 9.17) is 4.74 Å². The van der Waals surface area contributed by atoms with Crippen molar-refractivity contribution in [3.05, 3.63) is 0 Å². The highest BCUT2D eigenvalue weighted by atomic mass is 16.5. The number of ether oxygens (including phenoxy) is 1. The molecule has 16 heavy (non-hydrogen) atoms. The lowest BCUT2D eigenvalue weighted by Gasteiger charge is -2.31. The van der Waals surface area contributed by atoms with Crippen LogP contribution in [-0.2, 0) is 14.3 Å². The second-order valence-electron chi connectivity index (χ2n) is 4.56. The van der Waals surface area contributed by atoms with E-state index in [0.29, 0.717) is 5.92 Å². The van der Waals surface area contributed by atoms with E-state index >= 15 is 0 Å². The van der Waals surface area contributed by atoms with Crippen LogP contribution in [0.5, 0.6) is 0 Å². The maximum absolute atomic E-state index is 11.6. The van der Waals surface area contributed by atoms with Crippen LogP contribution in [0.15, 0.2) is 0 Å². The van der Waals surface area contributed by atoms with Gasteiger partial charge in [-0.25, -0.2) is 0 Å². The number of piperidine rings is 1. The molecule has 0 aromatic rings. The molecule has 1 aliphatic heterocycles. The van der Waals surface area contributed by atoms with Gasteiger partial charge in [0.1, 0.15) is 11.7 Å². The molecule has 1 heterocycles. The molecule has 92 valence electrons. The van der Waals surface area contributed by atoms with E-state index in [0.717, 1.165) is 25.9 Å². The first kappa shape index (κ1) is 13.2. The summed E-state index contributed by atoms with van der Waals surface area (Å²) in [6, 6.07) is 0. The largest absolute Gasteiger partial charge is 0.468 e. The van der Waals surface area contributed by atoms with Gasteiger partial charge in [0.25, 0.3) is 0 Å². The Morgan fingerprint density at radius 3 is 2.31 bits per heavy atom. The molecule has 1 aliphatic rings. The van der Waals surface area contributed by atoms with Gasteiger partial charge in [0, 0.05) is 0 Å². The van der Waals surface area contributed by atoms with Gasteiger partial charge in [-0.3, -0.25) is 9.59 Å². The highest BCUT2D eigenvalue weighted by molar-refractivity contribution is 5.98. The Kier molecular flexibility index (Phi) is 4.93. The Morgan fingerprint density at radius 2 is 1.88 bits per heavy atom. The summed E-state index contributed by atoms with van der Waals surface area (Å²) in [5.41, 5.74) is 0. The Hall–Kier alpha value is -0.900. The molecule has 0 spiro atoms. The van der Waals surface area contributed by atoms with Crippen molar-refractivity contribution in [3.8, 4) is 0 Å². The van der Waals surface area contributed by atoms with E-state index in [2.05, 4.69) is 5.32 Å². The minimum Gasteiger partial charge on any atom is -0.468 e. The number of methoxy groups -OCH3 is 1. The van der Waals surface area contributed by atoms with E-state index in [-0.39, 0.29) is 11.7 Å². The highest BCUT2D eigenvalue weighted by Gasteiger charge is 2.35. The monoisotopic (exact) mass is 227 g/mol. The fraction of sp³-hybridized carbons (Fsp3) is 0.833. The van der Waals surface area contributed by atoms with Crippen LogP contribution in [0, 0.1) is 17.8 Å². The Labute approximate surface area is 96.7 Å². The molecule has 0 aliphatic carbocycles. The fourth-order valence-corrected chi connectivity index (χ4v) is 2.52. The summed E-state index contributed by atoms with van der Waals surface area (Å²) in [5.74, 6) is -0.550. The number of carbonyl (C=O) groups excluding carboxylic acids is 2. The van der Waals surface area contributed by atoms with Crippen LogP contribution in [0.4, 0.5) is 0 Å². The van der Waals surface area contributed by atoms with Gasteiger partial charge in [0.2, 0.25) is 0 Å². The summed E-state index contributed by atoms with van der Waals surface area (Å²) in [6.45, 7) is 5.40. The number of hydrogen-bond donors (Lipinski definition) is 1. The van der Waals surface area contributed by atoms with Gasteiger partial charge in [-0.2, -0.15) is 0 Å². The summed E-state index contributed by atoms with van der Waals surface area (Å²) in [6.07, 6.45) is 2.06. The zero-order valence-corrected chi connectivity index (χ0v) is 10.3. The van der Waals surface area contributed by atoms with Crippen molar-refractivity contribution in [1.82, 2.24) is 5.32 Å². The van der Waals surface area contributed by atoms with Crippen LogP contribution in [0.1, 0.15) is 26.7 Å². The quantitative estimate of drug-likeness (QED) is 0.575. The van der Waals surface area contributed by atoms with Crippen molar-refractivity contribution < 1.29 is 14.3 Å². The lowest BCUT2D eigenvalue weighted by Crippen LogP contribution is -2.38. The van der Waals surface area contributed by atoms with E-state index in [1.807, 2.05) is 6.92 Å². The van der Waals surface area contributed by atoms with Crippen LogP contribution in [-0.4, -0.2) is 32.0 Å². The molecule has 4 nitrogen and oxygen atoms in total. The number of rotatable bonds is 4. The molecular formula is C12H21NO3. The van der Waals surface area contributed by atoms with Crippen LogP contribution < -0.4 is 5.32 Å². The maximum Gasteiger partial charge on any atom is 0.316 e. The predicted molar refractivity (Wildman–Crippen MR) is 60.9 cm³/mol. The maximum atomic E-state index is 11.6. The van der Waals surface area contributed by atoms with E-state index in [1.54, 1.807) is 0 Å². The summed E-state index contributed by atoms with van der Waals surface area (Å²) in [4.78, 5) is 23.1. The number of esters is 1. The summed E-state index contributed by atoms with van der Waals surface area (Å²) < 4.78 is 4.71. The van der Waals surface area contributed by atoms with Crippen molar-refractivity contribution in [3.63, 3.8) is 0 Å². The third kappa shape index (κ3) is 3.04. The summed E-state index contributed by atoms with van der Waals surface area (Å²) >= 11 is 0. The first-order chi connectivity index (χ1) is 7.57. The molecule has 0 radical (unpaired) electrons. The Morgan fingerprint density at radius 1 is 1.31 bits per heavy atom. The molecule has 0 aromatic carbocycles. The summed E-state index contributed by atoms with van der Waals surface area (Å²) in [7, 11) is 1.34. The van der Waals surface area contributed by atoms with Crippen LogP contribution in [0.25, 0.3) is 0 Å². The van der Waals surface area contributed by atoms with Gasteiger partial charge in [0.05, 0.1) is 7.11 Å². The van der Waals surface area contributed by atoms with Gasteiger partial charge in [-0.05, 0) is 44.7 Å². The highest BCUT2D eigenvalue weighted by Crippen LogP contribution is 2.29. The fourth-order valence-electron chi connectivity index (χ4n) is 2.52. The van der Waals surface area contributed by atoms with E-state index < -0.39 is 11.9 Å². The zero-order chi connectivity index (χ0) is 12.1. The number of nitrogens with one attached hydrogen (secondary N) is 1. The van der Waals surface area contributed by atoms with Crippen molar-refractivity contribution in [2.24, 2.45) is 17.8 Å². The SMILES string of the molecule is COC(=O)C(C(C)=O)C(C)C1CCNCC1. The van der Waals surface area contributed by atoms with Crippen LogP contribution in [0.2, 0.25) is 0 Å². The number of hydrogen-bond acceptors (Lipinski definition) is 4. The lowest BCUT2D eigenvalue weighted by atomic mass is 9.77. The van der Waals surface area contributed by atoms with Crippen molar-refractivity contribution in [2.45, 2.75) is 26.7 Å². The number of Topliss-reactive ketones (excluding diaryl/α,β-unsaturated/α-hetero) is 1. The average Bonchev–Trinajstić information content (AvgIpc) is 2.29. The van der Waals surface area contributed by atoms with Crippen molar-refractivity contribution in [1.29, 1.82) is 0 Å². The van der Waals surface area contributed by atoms with Crippen LogP contribution in [0.3, 0.4) is 0 Å². The molecule has 0 amide bonds. The molecule has 2 unspecified atom stereocenters. The Balaban J connectivity index is 2.69. The lowest BCUT2D eigenvalue weighted by molar-refractivity contribution is -0.152. The minimum absolute atomic E-state index is 0.0760. The van der Waals surface area contributed by atoms with Gasteiger partial charge in [0.15, 0.2) is 0 Å². The molecular weight excluding hydrogens is 206 g/mol. The first-order valence-electron chi connectivity index (χ1n) is 5.87. The normalized spacial score (nSPS) is 21.2. The molecule has 2 atom stereocenters. The third-order valence-electron chi connectivity index (χ3n) is 3.55. The molecule has 1 N–H and O–H groups in total. The smallest absolute Gasteiger partial charge is 0.316 e. The number of ketones is 1. The topological polar surface area (TPSA) is 55.4 Å². The van der Waals surface area contributed by atoms with Gasteiger partial charge < -0.3 is 10.1 Å². The predicted octanol–water partition coefficient (Wildman–Crippen LogP) is 1.00. The van der Waals surface area contributed by atoms with Crippen molar-refractivity contribution >= 4 is 11.8 Å². The molecule has 1 saturated heterocycles.